The van der Waals surface area contributed by atoms with Gasteiger partial charge in [-0.15, -0.1) is 11.6 Å². The maximum atomic E-state index is 11.1. The Morgan fingerprint density at radius 3 is 3.27 bits per heavy atom. The summed E-state index contributed by atoms with van der Waals surface area (Å²) in [6.45, 7) is 0.475. The molecule has 1 atom stereocenters. The Kier molecular flexibility index (Phi) is 2.26. The lowest BCUT2D eigenvalue weighted by atomic mass is 10.2. The monoisotopic (exact) mass is 173 g/mol. The third-order valence-electron chi connectivity index (χ3n) is 1.67. The first-order valence-electron chi connectivity index (χ1n) is 3.92. The van der Waals surface area contributed by atoms with E-state index in [2.05, 4.69) is 0 Å². The molecule has 1 saturated heterocycles. The highest BCUT2D eigenvalue weighted by Crippen LogP contribution is 2.16. The van der Waals surface area contributed by atoms with Crippen molar-refractivity contribution in [3.05, 3.63) is 0 Å². The van der Waals surface area contributed by atoms with E-state index in [1.807, 2.05) is 6.07 Å². The molecule has 0 saturated carbocycles. The molecule has 1 rings (SSSR count). The molecule has 1 fully saturated rings. The van der Waals surface area contributed by atoms with Crippen LogP contribution >= 0.6 is 11.6 Å². The molecule has 0 aromatic heterocycles. The van der Waals surface area contributed by atoms with Crippen LogP contribution in [0.5, 0.6) is 0 Å². The third kappa shape index (κ3) is 1.63. The van der Waals surface area contributed by atoms with Gasteiger partial charge in [-0.05, 0) is 12.8 Å². The molecule has 0 N–H and O–H groups in total. The van der Waals surface area contributed by atoms with Gasteiger partial charge in [0, 0.05) is 6.54 Å². The Labute approximate surface area is 71.9 Å². The highest BCUT2D eigenvalue weighted by atomic mass is 35.5. The van der Waals surface area contributed by atoms with Crippen molar-refractivity contribution in [3.8, 4) is 6.07 Å². The van der Waals surface area contributed by atoms with E-state index in [1.54, 1.807) is 0 Å². The van der Waals surface area contributed by atoms with Gasteiger partial charge in [-0.1, -0.05) is 0 Å². The van der Waals surface area contributed by atoms with Gasteiger partial charge in [-0.25, -0.2) is 0 Å². The van der Waals surface area contributed by atoms with Gasteiger partial charge in [0.1, 0.15) is 11.9 Å². The fourth-order valence-electron chi connectivity index (χ4n) is 1.14. The van der Waals surface area contributed by atoms with E-state index in [-0.39, 0.29) is 11.8 Å². The Morgan fingerprint density at radius 2 is 2.73 bits per heavy atom. The Balaban J connectivity index is 2.78. The van der Waals surface area contributed by atoms with E-state index in [0.29, 0.717) is 19.4 Å². The molecule has 0 unspecified atom stereocenters. The fraction of sp³-hybridized carbons (Fsp3) is 0.714. The predicted octanol–water partition coefficient (Wildman–Crippen LogP) is 0.740. The largest absolute Gasteiger partial charge is 0.326 e. The molecule has 0 aliphatic carbocycles. The Hall–Kier alpha value is -0.750. The lowest BCUT2D eigenvalue weighted by Gasteiger charge is -2.17. The number of hydrogen-bond donors (Lipinski definition) is 0. The van der Waals surface area contributed by atoms with E-state index >= 15 is 0 Å². The highest BCUT2D eigenvalue weighted by molar-refractivity contribution is 6.27. The van der Waals surface area contributed by atoms with Crippen molar-refractivity contribution in [1.29, 1.82) is 5.26 Å². The fourth-order valence-corrected chi connectivity index (χ4v) is 1.28. The number of carbonyl (C=O) groups excluding carboxylic acids is 1. The molecule has 0 radical (unpaired) electrons. The van der Waals surface area contributed by atoms with Crippen LogP contribution in [0.2, 0.25) is 0 Å². The molecule has 60 valence electrons. The van der Waals surface area contributed by atoms with E-state index in [4.69, 9.17) is 18.2 Å². The van der Waals surface area contributed by atoms with Crippen LogP contribution < -0.4 is 0 Å². The standard InChI is InChI=1S/C7H9ClN2O/c8-4-7(11)10-3-1-2-6(10)5-9/h6H,1-4H2/t6-/m0/s1/i6D. The first-order chi connectivity index (χ1) is 5.64. The number of alkyl halides is 1. The first-order valence-corrected chi connectivity index (χ1v) is 3.95. The van der Waals surface area contributed by atoms with Gasteiger partial charge in [0.05, 0.1) is 7.44 Å². The van der Waals surface area contributed by atoms with Crippen LogP contribution in [-0.4, -0.2) is 29.2 Å². The van der Waals surface area contributed by atoms with Crippen molar-refractivity contribution in [1.82, 2.24) is 4.90 Å². The van der Waals surface area contributed by atoms with Crippen LogP contribution in [0.25, 0.3) is 0 Å². The minimum Gasteiger partial charge on any atom is -0.326 e. The zero-order chi connectivity index (χ0) is 9.19. The van der Waals surface area contributed by atoms with Crippen molar-refractivity contribution in [2.45, 2.75) is 18.9 Å². The highest BCUT2D eigenvalue weighted by Gasteiger charge is 2.27. The molecule has 4 heteroatoms. The number of halogens is 1. The average Bonchev–Trinajstić information content (AvgIpc) is 2.47. The van der Waals surface area contributed by atoms with Crippen molar-refractivity contribution < 1.29 is 6.17 Å². The van der Waals surface area contributed by atoms with Crippen LogP contribution in [-0.2, 0) is 4.79 Å². The molecular formula is C7H9ClN2O. The molecular weight excluding hydrogens is 164 g/mol. The minimum absolute atomic E-state index is 0.150. The van der Waals surface area contributed by atoms with Gasteiger partial charge in [0.15, 0.2) is 0 Å². The summed E-state index contributed by atoms with van der Waals surface area (Å²) in [4.78, 5) is 12.3. The molecule has 11 heavy (non-hydrogen) atoms. The lowest BCUT2D eigenvalue weighted by molar-refractivity contribution is -0.128. The Morgan fingerprint density at radius 1 is 2.00 bits per heavy atom. The number of nitriles is 1. The van der Waals surface area contributed by atoms with Crippen LogP contribution in [0.4, 0.5) is 0 Å². The summed E-state index contributed by atoms with van der Waals surface area (Å²) in [5.41, 5.74) is 0. The zero-order valence-corrected chi connectivity index (χ0v) is 6.76. The van der Waals surface area contributed by atoms with Crippen molar-refractivity contribution in [2.75, 3.05) is 12.4 Å². The van der Waals surface area contributed by atoms with Gasteiger partial charge >= 0.3 is 0 Å². The lowest BCUT2D eigenvalue weighted by Crippen LogP contribution is -2.35. The summed E-state index contributed by atoms with van der Waals surface area (Å²) in [6.07, 6.45) is 1.13. The first kappa shape index (κ1) is 6.93. The quantitative estimate of drug-likeness (QED) is 0.549. The summed E-state index contributed by atoms with van der Waals surface area (Å²) in [5, 5.41) is 8.67. The molecule has 1 heterocycles. The normalized spacial score (nSPS) is 31.3. The Bertz CT molecular complexity index is 240. The van der Waals surface area contributed by atoms with E-state index in [1.165, 1.54) is 4.90 Å². The second-order valence-electron chi connectivity index (χ2n) is 2.34. The van der Waals surface area contributed by atoms with Crippen LogP contribution in [0.15, 0.2) is 0 Å². The second kappa shape index (κ2) is 3.59. The van der Waals surface area contributed by atoms with E-state index < -0.39 is 6.02 Å². The summed E-state index contributed by atoms with van der Waals surface area (Å²) >= 11 is 5.33. The minimum atomic E-state index is -1.37. The third-order valence-corrected chi connectivity index (χ3v) is 1.89. The molecule has 0 aromatic carbocycles. The van der Waals surface area contributed by atoms with Gasteiger partial charge in [0.2, 0.25) is 5.91 Å². The van der Waals surface area contributed by atoms with Gasteiger partial charge in [0.25, 0.3) is 0 Å². The smallest absolute Gasteiger partial charge is 0.238 e. The summed E-state index contributed by atoms with van der Waals surface area (Å²) < 4.78 is 7.61. The topological polar surface area (TPSA) is 44.1 Å². The van der Waals surface area contributed by atoms with Gasteiger partial charge < -0.3 is 4.90 Å². The van der Waals surface area contributed by atoms with Crippen molar-refractivity contribution >= 4 is 17.5 Å². The van der Waals surface area contributed by atoms with E-state index in [0.717, 1.165) is 0 Å². The van der Waals surface area contributed by atoms with Crippen LogP contribution in [0.1, 0.15) is 14.2 Å². The molecule has 1 amide bonds. The number of rotatable bonds is 1. The molecule has 0 spiro atoms. The predicted molar refractivity (Wildman–Crippen MR) is 41.1 cm³/mol. The number of likely N-dealkylation sites (tertiary alicyclic amines) is 1. The number of nitrogens with zero attached hydrogens (tertiary/aromatic N) is 2. The van der Waals surface area contributed by atoms with Crippen molar-refractivity contribution in [3.63, 3.8) is 0 Å². The zero-order valence-electron chi connectivity index (χ0n) is 7.01. The summed E-state index contributed by atoms with van der Waals surface area (Å²) in [5.74, 6) is -0.479. The maximum Gasteiger partial charge on any atom is 0.238 e. The molecule has 1 aliphatic heterocycles. The molecule has 0 aromatic rings. The van der Waals surface area contributed by atoms with Gasteiger partial charge in [-0.2, -0.15) is 5.26 Å². The molecule has 3 nitrogen and oxygen atoms in total. The van der Waals surface area contributed by atoms with Gasteiger partial charge in [-0.3, -0.25) is 4.79 Å². The molecule has 1 aliphatic rings. The SMILES string of the molecule is [2H][C@@]1(C#N)CCCN1C(=O)CCl. The average molecular weight is 174 g/mol. The van der Waals surface area contributed by atoms with Crippen molar-refractivity contribution in [2.24, 2.45) is 0 Å². The summed E-state index contributed by atoms with van der Waals surface area (Å²) in [6, 6.07) is 0.450. The van der Waals surface area contributed by atoms with E-state index in [9.17, 15) is 4.79 Å². The number of carbonyl (C=O) groups is 1. The van der Waals surface area contributed by atoms with Crippen LogP contribution in [0.3, 0.4) is 0 Å². The number of amides is 1. The molecule has 0 bridgehead atoms. The number of hydrogen-bond acceptors (Lipinski definition) is 2. The van der Waals surface area contributed by atoms with Crippen LogP contribution in [0, 0.1) is 11.3 Å². The maximum absolute atomic E-state index is 11.1. The summed E-state index contributed by atoms with van der Waals surface area (Å²) in [7, 11) is 0. The second-order valence-corrected chi connectivity index (χ2v) is 2.61.